The van der Waals surface area contributed by atoms with Crippen LogP contribution in [-0.2, 0) is 27.3 Å². The van der Waals surface area contributed by atoms with E-state index in [-0.39, 0.29) is 30.6 Å². The molecule has 0 fully saturated rings. The van der Waals surface area contributed by atoms with Crippen LogP contribution in [0.1, 0.15) is 16.7 Å². The lowest BCUT2D eigenvalue weighted by Gasteiger charge is -2.22. The summed E-state index contributed by atoms with van der Waals surface area (Å²) < 4.78 is 18.6. The van der Waals surface area contributed by atoms with Crippen LogP contribution in [-0.4, -0.2) is 32.1 Å². The number of nitrogens with zero attached hydrogens (tertiary/aromatic N) is 1. The van der Waals surface area contributed by atoms with E-state index in [0.29, 0.717) is 24.4 Å². The van der Waals surface area contributed by atoms with Crippen molar-refractivity contribution in [1.29, 1.82) is 0 Å². The van der Waals surface area contributed by atoms with E-state index in [1.54, 1.807) is 42.4 Å². The molecule has 6 heteroatoms. The zero-order valence-electron chi connectivity index (χ0n) is 18.5. The van der Waals surface area contributed by atoms with Gasteiger partial charge in [0.1, 0.15) is 5.82 Å². The van der Waals surface area contributed by atoms with E-state index in [4.69, 9.17) is 4.74 Å². The van der Waals surface area contributed by atoms with E-state index >= 15 is 0 Å². The van der Waals surface area contributed by atoms with E-state index in [1.807, 2.05) is 42.5 Å². The summed E-state index contributed by atoms with van der Waals surface area (Å²) in [6, 6.07) is 23.0. The van der Waals surface area contributed by atoms with Gasteiger partial charge in [-0.2, -0.15) is 0 Å². The molecule has 0 bridgehead atoms. The molecular weight excluding hydrogens is 419 g/mol. The molecule has 5 nitrogen and oxygen atoms in total. The molecule has 0 unspecified atom stereocenters. The molecule has 0 aromatic heterocycles. The highest BCUT2D eigenvalue weighted by Gasteiger charge is 2.15. The van der Waals surface area contributed by atoms with Gasteiger partial charge in [0.2, 0.25) is 5.91 Å². The van der Waals surface area contributed by atoms with Crippen molar-refractivity contribution in [2.45, 2.75) is 13.0 Å². The van der Waals surface area contributed by atoms with E-state index < -0.39 is 0 Å². The topological polar surface area (TPSA) is 58.6 Å². The molecule has 0 aliphatic heterocycles. The van der Waals surface area contributed by atoms with Gasteiger partial charge in [0, 0.05) is 25.4 Å². The molecule has 2 amide bonds. The number of ether oxygens (including phenoxy) is 1. The summed E-state index contributed by atoms with van der Waals surface area (Å²) >= 11 is 0. The second-order valence-corrected chi connectivity index (χ2v) is 7.48. The van der Waals surface area contributed by atoms with Gasteiger partial charge in [0.15, 0.2) is 0 Å². The number of hydrogen-bond acceptors (Lipinski definition) is 3. The third-order valence-corrected chi connectivity index (χ3v) is 4.95. The minimum Gasteiger partial charge on any atom is -0.383 e. The maximum atomic E-state index is 13.7. The van der Waals surface area contributed by atoms with Crippen molar-refractivity contribution in [2.75, 3.05) is 25.2 Å². The van der Waals surface area contributed by atoms with Crippen LogP contribution in [0.2, 0.25) is 0 Å². The molecule has 170 valence electrons. The van der Waals surface area contributed by atoms with E-state index in [9.17, 15) is 14.0 Å². The second-order valence-electron chi connectivity index (χ2n) is 7.48. The molecule has 0 aliphatic rings. The molecule has 33 heavy (non-hydrogen) atoms. The lowest BCUT2D eigenvalue weighted by molar-refractivity contribution is -0.120. The Morgan fingerprint density at radius 3 is 2.42 bits per heavy atom. The highest BCUT2D eigenvalue weighted by molar-refractivity contribution is 6.03. The Balaban J connectivity index is 1.77. The molecular formula is C27H27FN2O3. The number of amides is 2. The number of carbonyl (C=O) groups excluding carboxylic acids is 2. The number of nitrogens with one attached hydrogen (secondary N) is 1. The van der Waals surface area contributed by atoms with Crippen molar-refractivity contribution in [1.82, 2.24) is 5.32 Å². The number of anilines is 1. The predicted octanol–water partition coefficient (Wildman–Crippen LogP) is 4.38. The zero-order valence-corrected chi connectivity index (χ0v) is 18.5. The second kappa shape index (κ2) is 12.3. The minimum absolute atomic E-state index is 0.0988. The molecule has 3 aromatic rings. The Kier molecular flexibility index (Phi) is 8.91. The van der Waals surface area contributed by atoms with Crippen LogP contribution >= 0.6 is 0 Å². The van der Waals surface area contributed by atoms with Gasteiger partial charge in [-0.25, -0.2) is 4.39 Å². The maximum Gasteiger partial charge on any atom is 0.251 e. The SMILES string of the molecule is COCCNC(=O)Cc1ccc(N(Cc2cccc(F)c2)C(=O)/C=C/c2ccccc2)cc1. The van der Waals surface area contributed by atoms with Gasteiger partial charge in [0.25, 0.3) is 5.91 Å². The lowest BCUT2D eigenvalue weighted by Crippen LogP contribution is -2.29. The third-order valence-electron chi connectivity index (χ3n) is 4.95. The zero-order chi connectivity index (χ0) is 23.5. The van der Waals surface area contributed by atoms with Crippen molar-refractivity contribution in [3.63, 3.8) is 0 Å². The summed E-state index contributed by atoms with van der Waals surface area (Å²) in [5.41, 5.74) is 3.07. The first-order valence-electron chi connectivity index (χ1n) is 10.7. The quantitative estimate of drug-likeness (QED) is 0.372. The summed E-state index contributed by atoms with van der Waals surface area (Å²) in [7, 11) is 1.58. The van der Waals surface area contributed by atoms with Gasteiger partial charge in [0.05, 0.1) is 19.6 Å². The maximum absolute atomic E-state index is 13.7. The van der Waals surface area contributed by atoms with Crippen LogP contribution in [0.15, 0.2) is 84.9 Å². The summed E-state index contributed by atoms with van der Waals surface area (Å²) in [5, 5.41) is 2.78. The molecule has 0 spiro atoms. The Morgan fingerprint density at radius 2 is 1.73 bits per heavy atom. The average Bonchev–Trinajstić information content (AvgIpc) is 2.82. The van der Waals surface area contributed by atoms with Crippen LogP contribution in [0, 0.1) is 5.82 Å². The van der Waals surface area contributed by atoms with Crippen molar-refractivity contribution in [3.8, 4) is 0 Å². The molecule has 3 aromatic carbocycles. The molecule has 0 saturated carbocycles. The largest absolute Gasteiger partial charge is 0.383 e. The highest BCUT2D eigenvalue weighted by Crippen LogP contribution is 2.20. The summed E-state index contributed by atoms with van der Waals surface area (Å²) in [5.74, 6) is -0.680. The Hall–Kier alpha value is -3.77. The molecule has 0 aliphatic carbocycles. The van der Waals surface area contributed by atoms with Crippen molar-refractivity contribution >= 4 is 23.6 Å². The van der Waals surface area contributed by atoms with Gasteiger partial charge in [-0.1, -0.05) is 54.6 Å². The van der Waals surface area contributed by atoms with Crippen molar-refractivity contribution < 1.29 is 18.7 Å². The molecule has 3 rings (SSSR count). The molecule has 0 saturated heterocycles. The van der Waals surface area contributed by atoms with Crippen molar-refractivity contribution in [3.05, 3.63) is 107 Å². The molecule has 1 N–H and O–H groups in total. The van der Waals surface area contributed by atoms with Gasteiger partial charge >= 0.3 is 0 Å². The van der Waals surface area contributed by atoms with E-state index in [2.05, 4.69) is 5.32 Å². The first-order valence-corrected chi connectivity index (χ1v) is 10.7. The van der Waals surface area contributed by atoms with Crippen LogP contribution in [0.25, 0.3) is 6.08 Å². The Bertz CT molecular complexity index is 1080. The van der Waals surface area contributed by atoms with Crippen LogP contribution in [0.5, 0.6) is 0 Å². The summed E-state index contributed by atoms with van der Waals surface area (Å²) in [6.07, 6.45) is 3.49. The predicted molar refractivity (Wildman–Crippen MR) is 128 cm³/mol. The number of carbonyl (C=O) groups is 2. The van der Waals surface area contributed by atoms with Crippen LogP contribution in [0.3, 0.4) is 0 Å². The van der Waals surface area contributed by atoms with Gasteiger partial charge in [-0.3, -0.25) is 9.59 Å². The lowest BCUT2D eigenvalue weighted by atomic mass is 10.1. The fraction of sp³-hybridized carbons (Fsp3) is 0.185. The number of halogens is 1. The monoisotopic (exact) mass is 446 g/mol. The number of methoxy groups -OCH3 is 1. The first-order chi connectivity index (χ1) is 16.0. The number of benzene rings is 3. The van der Waals surface area contributed by atoms with Gasteiger partial charge < -0.3 is 15.0 Å². The normalized spacial score (nSPS) is 10.8. The van der Waals surface area contributed by atoms with Crippen molar-refractivity contribution in [2.24, 2.45) is 0 Å². The van der Waals surface area contributed by atoms with E-state index in [1.165, 1.54) is 18.2 Å². The fourth-order valence-electron chi connectivity index (χ4n) is 3.27. The Morgan fingerprint density at radius 1 is 0.970 bits per heavy atom. The highest BCUT2D eigenvalue weighted by atomic mass is 19.1. The van der Waals surface area contributed by atoms with Crippen LogP contribution in [0.4, 0.5) is 10.1 Å². The first kappa shape index (κ1) is 23.9. The summed E-state index contributed by atoms with van der Waals surface area (Å²) in [4.78, 5) is 26.7. The summed E-state index contributed by atoms with van der Waals surface area (Å²) in [6.45, 7) is 1.13. The number of rotatable bonds is 10. The fourth-order valence-corrected chi connectivity index (χ4v) is 3.27. The third kappa shape index (κ3) is 7.70. The van der Waals surface area contributed by atoms with Gasteiger partial charge in [-0.05, 0) is 47.0 Å². The molecule has 0 radical (unpaired) electrons. The molecule has 0 heterocycles. The standard InChI is InChI=1S/C27H27FN2O3/c1-33-17-16-29-26(31)19-22-10-13-25(14-11-22)30(20-23-8-5-9-24(28)18-23)27(32)15-12-21-6-3-2-4-7-21/h2-15,18H,16-17,19-20H2,1H3,(H,29,31)/b15-12+. The molecule has 0 atom stereocenters. The van der Waals surface area contributed by atoms with Crippen LogP contribution < -0.4 is 10.2 Å². The Labute approximate surface area is 193 Å². The van der Waals surface area contributed by atoms with Gasteiger partial charge in [-0.15, -0.1) is 0 Å². The number of hydrogen-bond donors (Lipinski definition) is 1. The van der Waals surface area contributed by atoms with E-state index in [0.717, 1.165) is 11.1 Å². The minimum atomic E-state index is -0.352. The smallest absolute Gasteiger partial charge is 0.251 e. The average molecular weight is 447 g/mol.